The molecule has 0 aliphatic rings. The van der Waals surface area contributed by atoms with E-state index in [1.807, 2.05) is 19.1 Å². The maximum absolute atomic E-state index is 5.59. The Kier molecular flexibility index (Phi) is 5.64. The van der Waals surface area contributed by atoms with Gasteiger partial charge in [-0.1, -0.05) is 18.2 Å². The first kappa shape index (κ1) is 21.7. The van der Waals surface area contributed by atoms with Crippen LogP contribution in [0.3, 0.4) is 0 Å². The summed E-state index contributed by atoms with van der Waals surface area (Å²) in [5.74, 6) is 1.66. The monoisotopic (exact) mass is 494 g/mol. The van der Waals surface area contributed by atoms with E-state index in [4.69, 9.17) is 9.72 Å². The van der Waals surface area contributed by atoms with Crippen LogP contribution in [0.2, 0.25) is 0 Å². The number of ether oxygens (including phenoxy) is 1. The van der Waals surface area contributed by atoms with Gasteiger partial charge in [-0.15, -0.1) is 22.7 Å². The number of anilines is 2. The third kappa shape index (κ3) is 4.24. The maximum Gasteiger partial charge on any atom is 0.143 e. The van der Waals surface area contributed by atoms with E-state index < -0.39 is 0 Å². The van der Waals surface area contributed by atoms with Gasteiger partial charge in [-0.2, -0.15) is 0 Å². The summed E-state index contributed by atoms with van der Waals surface area (Å²) in [6, 6.07) is 22.9. The number of nitrogens with one attached hydrogen (secondary N) is 1. The lowest BCUT2D eigenvalue weighted by Gasteiger charge is -2.09. The lowest BCUT2D eigenvalue weighted by Crippen LogP contribution is -1.95. The molecule has 0 spiro atoms. The van der Waals surface area contributed by atoms with Crippen molar-refractivity contribution >= 4 is 54.6 Å². The number of rotatable bonds is 6. The zero-order valence-corrected chi connectivity index (χ0v) is 20.9. The highest BCUT2D eigenvalue weighted by Crippen LogP contribution is 2.38. The minimum absolute atomic E-state index is 0.653. The van der Waals surface area contributed by atoms with Crippen molar-refractivity contribution in [2.75, 3.05) is 11.9 Å². The van der Waals surface area contributed by atoms with E-state index in [1.54, 1.807) is 29.0 Å². The highest BCUT2D eigenvalue weighted by molar-refractivity contribution is 7.21. The van der Waals surface area contributed by atoms with Crippen molar-refractivity contribution in [3.05, 3.63) is 84.0 Å². The Morgan fingerprint density at radius 3 is 2.51 bits per heavy atom. The van der Waals surface area contributed by atoms with Gasteiger partial charge in [-0.3, -0.25) is 0 Å². The Bertz CT molecular complexity index is 1640. The van der Waals surface area contributed by atoms with Crippen LogP contribution >= 0.6 is 22.7 Å². The second-order valence-electron chi connectivity index (χ2n) is 8.20. The fourth-order valence-electron chi connectivity index (χ4n) is 4.07. The Morgan fingerprint density at radius 2 is 1.71 bits per heavy atom. The number of hydrogen-bond acceptors (Lipinski definition) is 7. The van der Waals surface area contributed by atoms with Crippen LogP contribution in [0, 0.1) is 6.92 Å². The molecule has 0 bridgehead atoms. The summed E-state index contributed by atoms with van der Waals surface area (Å²) >= 11 is 3.34. The number of thiazole rings is 1. The summed E-state index contributed by atoms with van der Waals surface area (Å²) in [5.41, 5.74) is 6.58. The molecule has 0 atom stereocenters. The average Bonchev–Trinajstić information content (AvgIpc) is 3.50. The SMILES string of the molecule is CCOc1ccc(-c2csc3ncnc(Nc4ccc(-c5nc6ccc(C)cc6s5)cc4)c23)cc1. The quantitative estimate of drug-likeness (QED) is 0.254. The van der Waals surface area contributed by atoms with E-state index in [0.29, 0.717) is 6.61 Å². The van der Waals surface area contributed by atoms with Crippen molar-refractivity contribution in [1.29, 1.82) is 0 Å². The van der Waals surface area contributed by atoms with Gasteiger partial charge in [0.15, 0.2) is 0 Å². The summed E-state index contributed by atoms with van der Waals surface area (Å²) in [6.45, 7) is 4.75. The zero-order chi connectivity index (χ0) is 23.8. The first-order valence-corrected chi connectivity index (χ1v) is 13.1. The first-order chi connectivity index (χ1) is 17.2. The normalized spacial score (nSPS) is 11.3. The van der Waals surface area contributed by atoms with Gasteiger partial charge >= 0.3 is 0 Å². The topological polar surface area (TPSA) is 59.9 Å². The number of nitrogens with zero attached hydrogens (tertiary/aromatic N) is 3. The Labute approximate surface area is 211 Å². The molecule has 7 heteroatoms. The first-order valence-electron chi connectivity index (χ1n) is 11.4. The minimum atomic E-state index is 0.653. The molecule has 0 aliphatic heterocycles. The van der Waals surface area contributed by atoms with Crippen LogP contribution in [0.1, 0.15) is 12.5 Å². The van der Waals surface area contributed by atoms with Gasteiger partial charge < -0.3 is 10.1 Å². The summed E-state index contributed by atoms with van der Waals surface area (Å²) in [5, 5.41) is 7.68. The highest BCUT2D eigenvalue weighted by atomic mass is 32.1. The summed E-state index contributed by atoms with van der Waals surface area (Å²) in [7, 11) is 0. The Hall–Kier alpha value is -3.81. The van der Waals surface area contributed by atoms with Gasteiger partial charge in [0.1, 0.15) is 27.7 Å². The van der Waals surface area contributed by atoms with Gasteiger partial charge in [0.2, 0.25) is 0 Å². The minimum Gasteiger partial charge on any atom is -0.494 e. The fraction of sp³-hybridized carbons (Fsp3) is 0.107. The number of fused-ring (bicyclic) bond motifs is 2. The molecule has 3 aromatic carbocycles. The molecule has 0 aliphatic carbocycles. The molecule has 1 N–H and O–H groups in total. The number of aryl methyl sites for hydroxylation is 1. The van der Waals surface area contributed by atoms with Crippen molar-refractivity contribution in [1.82, 2.24) is 15.0 Å². The molecule has 35 heavy (non-hydrogen) atoms. The van der Waals surface area contributed by atoms with Crippen molar-refractivity contribution in [3.63, 3.8) is 0 Å². The molecule has 6 rings (SSSR count). The molecule has 0 radical (unpaired) electrons. The smallest absolute Gasteiger partial charge is 0.143 e. The molecule has 3 aromatic heterocycles. The molecule has 172 valence electrons. The molecule has 0 fully saturated rings. The molecule has 5 nitrogen and oxygen atoms in total. The summed E-state index contributed by atoms with van der Waals surface area (Å²) in [4.78, 5) is 14.8. The predicted octanol–water partition coefficient (Wildman–Crippen LogP) is 8.09. The molecule has 0 amide bonds. The van der Waals surface area contributed by atoms with Crippen molar-refractivity contribution in [3.8, 4) is 27.4 Å². The van der Waals surface area contributed by atoms with Crippen molar-refractivity contribution in [2.45, 2.75) is 13.8 Å². The molecule has 0 unspecified atom stereocenters. The van der Waals surface area contributed by atoms with Crippen LogP contribution in [0.25, 0.3) is 42.1 Å². The number of hydrogen-bond donors (Lipinski definition) is 1. The van der Waals surface area contributed by atoms with Gasteiger partial charge in [-0.05, 0) is 73.5 Å². The lowest BCUT2D eigenvalue weighted by atomic mass is 10.1. The van der Waals surface area contributed by atoms with Gasteiger partial charge in [0, 0.05) is 22.2 Å². The van der Waals surface area contributed by atoms with E-state index in [-0.39, 0.29) is 0 Å². The van der Waals surface area contributed by atoms with Crippen molar-refractivity contribution in [2.24, 2.45) is 0 Å². The van der Waals surface area contributed by atoms with Crippen LogP contribution in [-0.2, 0) is 0 Å². The summed E-state index contributed by atoms with van der Waals surface area (Å²) in [6.07, 6.45) is 1.61. The van der Waals surface area contributed by atoms with E-state index in [0.717, 1.165) is 54.7 Å². The van der Waals surface area contributed by atoms with Crippen LogP contribution < -0.4 is 10.1 Å². The van der Waals surface area contributed by atoms with Crippen LogP contribution in [-0.4, -0.2) is 21.6 Å². The van der Waals surface area contributed by atoms with Gasteiger partial charge in [0.25, 0.3) is 0 Å². The van der Waals surface area contributed by atoms with Crippen molar-refractivity contribution < 1.29 is 4.74 Å². The number of benzene rings is 3. The second-order valence-corrected chi connectivity index (χ2v) is 10.1. The fourth-order valence-corrected chi connectivity index (χ4v) is 6.05. The third-order valence-electron chi connectivity index (χ3n) is 5.79. The molecular weight excluding hydrogens is 472 g/mol. The van der Waals surface area contributed by atoms with E-state index >= 15 is 0 Å². The number of thiophene rings is 1. The van der Waals surface area contributed by atoms with E-state index in [9.17, 15) is 0 Å². The maximum atomic E-state index is 5.59. The van der Waals surface area contributed by atoms with Crippen LogP contribution in [0.5, 0.6) is 5.75 Å². The van der Waals surface area contributed by atoms with Gasteiger partial charge in [0.05, 0.1) is 22.2 Å². The predicted molar refractivity (Wildman–Crippen MR) is 147 cm³/mol. The Morgan fingerprint density at radius 1 is 0.914 bits per heavy atom. The lowest BCUT2D eigenvalue weighted by molar-refractivity contribution is 0.340. The van der Waals surface area contributed by atoms with E-state index in [2.05, 4.69) is 82.2 Å². The number of aromatic nitrogens is 3. The molecular formula is C28H22N4OS2. The third-order valence-corrected chi connectivity index (χ3v) is 7.74. The van der Waals surface area contributed by atoms with Crippen LogP contribution in [0.15, 0.2) is 78.4 Å². The largest absolute Gasteiger partial charge is 0.494 e. The molecule has 0 saturated heterocycles. The Balaban J connectivity index is 1.30. The average molecular weight is 495 g/mol. The highest BCUT2D eigenvalue weighted by Gasteiger charge is 2.14. The molecule has 6 aromatic rings. The molecule has 0 saturated carbocycles. The van der Waals surface area contributed by atoms with E-state index in [1.165, 1.54) is 10.3 Å². The zero-order valence-electron chi connectivity index (χ0n) is 19.3. The molecule has 3 heterocycles. The second kappa shape index (κ2) is 9.09. The van der Waals surface area contributed by atoms with Crippen LogP contribution in [0.4, 0.5) is 11.5 Å². The van der Waals surface area contributed by atoms with Gasteiger partial charge in [-0.25, -0.2) is 15.0 Å². The standard InChI is InChI=1S/C28H22N4OS2/c1-3-33-21-11-7-18(8-12-21)22-15-34-28-25(22)26(29-16-30-28)31-20-9-5-19(6-10-20)27-32-23-13-4-17(2)14-24(23)35-27/h4-16H,3H2,1-2H3,(H,29,30,31). The summed E-state index contributed by atoms with van der Waals surface area (Å²) < 4.78 is 6.81.